The number of nitrogens with two attached hydrogens (primary N) is 1. The van der Waals surface area contributed by atoms with Crippen molar-refractivity contribution in [3.63, 3.8) is 0 Å². The predicted molar refractivity (Wildman–Crippen MR) is 159 cm³/mol. The SMILES string of the molecule is CC(C)CCN(c1ccc(NCc2ccc(N(C)C)cc2)cc1)C1CCN(C(=O)CCC(C)C(N)=O)CC1. The van der Waals surface area contributed by atoms with Crippen molar-refractivity contribution in [3.05, 3.63) is 54.1 Å². The smallest absolute Gasteiger partial charge is 0.222 e. The summed E-state index contributed by atoms with van der Waals surface area (Å²) in [5.41, 5.74) is 10.2. The van der Waals surface area contributed by atoms with E-state index in [0.29, 0.717) is 24.8 Å². The van der Waals surface area contributed by atoms with Gasteiger partial charge in [-0.15, -0.1) is 0 Å². The van der Waals surface area contributed by atoms with Gasteiger partial charge < -0.3 is 25.8 Å². The van der Waals surface area contributed by atoms with Crippen molar-refractivity contribution in [2.45, 2.75) is 65.5 Å². The average Bonchev–Trinajstić information content (AvgIpc) is 2.91. The normalized spacial score (nSPS) is 14.8. The number of nitrogens with zero attached hydrogens (tertiary/aromatic N) is 3. The van der Waals surface area contributed by atoms with Crippen LogP contribution in [0, 0.1) is 11.8 Å². The largest absolute Gasteiger partial charge is 0.381 e. The summed E-state index contributed by atoms with van der Waals surface area (Å²) in [6.45, 7) is 9.65. The first-order chi connectivity index (χ1) is 18.1. The molecule has 2 aromatic carbocycles. The molecule has 7 nitrogen and oxygen atoms in total. The van der Waals surface area contributed by atoms with Crippen molar-refractivity contribution in [1.29, 1.82) is 0 Å². The first kappa shape index (κ1) is 29.3. The van der Waals surface area contributed by atoms with E-state index in [2.05, 4.69) is 91.6 Å². The van der Waals surface area contributed by atoms with E-state index >= 15 is 0 Å². The van der Waals surface area contributed by atoms with E-state index in [4.69, 9.17) is 5.73 Å². The molecule has 1 heterocycles. The van der Waals surface area contributed by atoms with Crippen LogP contribution >= 0.6 is 0 Å². The standard InChI is InChI=1S/C31H47N5O2/c1-23(2)16-21-36(29-17-19-35(20-18-29)30(37)15-6-24(3)31(32)38)28-13-9-26(10-14-28)33-22-25-7-11-27(12-8-25)34(4)5/h7-14,23-24,29,33H,6,15-22H2,1-5H3,(H2,32,38). The number of likely N-dealkylation sites (tertiary alicyclic amines) is 1. The summed E-state index contributed by atoms with van der Waals surface area (Å²) in [5, 5.41) is 3.55. The van der Waals surface area contributed by atoms with Crippen LogP contribution in [0.15, 0.2) is 48.5 Å². The zero-order valence-corrected chi connectivity index (χ0v) is 24.0. The highest BCUT2D eigenvalue weighted by molar-refractivity contribution is 5.79. The van der Waals surface area contributed by atoms with Gasteiger partial charge in [0.15, 0.2) is 0 Å². The van der Waals surface area contributed by atoms with Gasteiger partial charge in [0.2, 0.25) is 11.8 Å². The maximum absolute atomic E-state index is 12.7. The van der Waals surface area contributed by atoms with Crippen LogP contribution in [0.5, 0.6) is 0 Å². The Morgan fingerprint density at radius 3 is 2.11 bits per heavy atom. The van der Waals surface area contributed by atoms with E-state index < -0.39 is 0 Å². The fraction of sp³-hybridized carbons (Fsp3) is 0.548. The third-order valence-electron chi connectivity index (χ3n) is 7.63. The van der Waals surface area contributed by atoms with Crippen molar-refractivity contribution < 1.29 is 9.59 Å². The Morgan fingerprint density at radius 2 is 1.55 bits per heavy atom. The van der Waals surface area contributed by atoms with Crippen LogP contribution in [0.2, 0.25) is 0 Å². The summed E-state index contributed by atoms with van der Waals surface area (Å²) < 4.78 is 0. The minimum Gasteiger partial charge on any atom is -0.381 e. The van der Waals surface area contributed by atoms with Gasteiger partial charge in [-0.3, -0.25) is 9.59 Å². The Hall–Kier alpha value is -3.22. The molecule has 1 atom stereocenters. The third-order valence-corrected chi connectivity index (χ3v) is 7.63. The van der Waals surface area contributed by atoms with Gasteiger partial charge in [-0.1, -0.05) is 32.9 Å². The molecule has 2 amide bonds. The molecule has 2 aromatic rings. The van der Waals surface area contributed by atoms with Crippen molar-refractivity contribution in [3.8, 4) is 0 Å². The summed E-state index contributed by atoms with van der Waals surface area (Å²) in [6, 6.07) is 17.8. The van der Waals surface area contributed by atoms with E-state index in [1.165, 1.54) is 16.9 Å². The summed E-state index contributed by atoms with van der Waals surface area (Å²) in [4.78, 5) is 30.6. The number of carbonyl (C=O) groups excluding carboxylic acids is 2. The Bertz CT molecular complexity index is 1010. The molecule has 7 heteroatoms. The van der Waals surface area contributed by atoms with Crippen LogP contribution in [-0.2, 0) is 16.1 Å². The van der Waals surface area contributed by atoms with Crippen molar-refractivity contribution >= 4 is 28.9 Å². The fourth-order valence-corrected chi connectivity index (χ4v) is 4.87. The molecule has 0 saturated carbocycles. The fourth-order valence-electron chi connectivity index (χ4n) is 4.87. The molecular formula is C31H47N5O2. The molecule has 0 radical (unpaired) electrons. The lowest BCUT2D eigenvalue weighted by Gasteiger charge is -2.40. The van der Waals surface area contributed by atoms with Gasteiger partial charge in [0.25, 0.3) is 0 Å². The zero-order valence-electron chi connectivity index (χ0n) is 24.0. The van der Waals surface area contributed by atoms with Crippen LogP contribution in [-0.4, -0.2) is 56.5 Å². The second kappa shape index (κ2) is 14.1. The molecule has 3 rings (SSSR count). The maximum Gasteiger partial charge on any atom is 0.222 e. The van der Waals surface area contributed by atoms with Crippen molar-refractivity contribution in [2.24, 2.45) is 17.6 Å². The predicted octanol–water partition coefficient (Wildman–Crippen LogP) is 5.11. The highest BCUT2D eigenvalue weighted by Gasteiger charge is 2.27. The van der Waals surface area contributed by atoms with Crippen LogP contribution in [0.4, 0.5) is 17.1 Å². The topological polar surface area (TPSA) is 81.9 Å². The van der Waals surface area contributed by atoms with E-state index in [0.717, 1.165) is 51.1 Å². The van der Waals surface area contributed by atoms with Crippen molar-refractivity contribution in [2.75, 3.05) is 48.8 Å². The molecule has 0 aliphatic carbocycles. The molecule has 1 aliphatic heterocycles. The van der Waals surface area contributed by atoms with Gasteiger partial charge >= 0.3 is 0 Å². The Morgan fingerprint density at radius 1 is 0.947 bits per heavy atom. The third kappa shape index (κ3) is 8.67. The molecule has 1 saturated heterocycles. The molecule has 0 bridgehead atoms. The second-order valence-electron chi connectivity index (χ2n) is 11.3. The first-order valence-corrected chi connectivity index (χ1v) is 14.1. The average molecular weight is 522 g/mol. The number of hydrogen-bond donors (Lipinski definition) is 2. The molecule has 1 unspecified atom stereocenters. The number of hydrogen-bond acceptors (Lipinski definition) is 5. The summed E-state index contributed by atoms with van der Waals surface area (Å²) >= 11 is 0. The molecule has 3 N–H and O–H groups in total. The number of primary amides is 1. The Labute approximate surface area is 229 Å². The van der Waals surface area contributed by atoms with Gasteiger partial charge in [0.05, 0.1) is 0 Å². The maximum atomic E-state index is 12.7. The van der Waals surface area contributed by atoms with Crippen LogP contribution < -0.4 is 20.9 Å². The summed E-state index contributed by atoms with van der Waals surface area (Å²) in [6.07, 6.45) is 3.96. The number of nitrogens with one attached hydrogen (secondary N) is 1. The van der Waals surface area contributed by atoms with E-state index in [1.807, 2.05) is 4.90 Å². The summed E-state index contributed by atoms with van der Waals surface area (Å²) in [5.74, 6) is 0.171. The lowest BCUT2D eigenvalue weighted by molar-refractivity contribution is -0.132. The molecule has 38 heavy (non-hydrogen) atoms. The molecule has 208 valence electrons. The van der Waals surface area contributed by atoms with Crippen LogP contribution in [0.1, 0.15) is 58.4 Å². The number of anilines is 3. The van der Waals surface area contributed by atoms with Crippen molar-refractivity contribution in [1.82, 2.24) is 4.90 Å². The molecule has 0 aromatic heterocycles. The number of piperidine rings is 1. The minimum atomic E-state index is -0.336. The molecule has 0 spiro atoms. The van der Waals surface area contributed by atoms with Gasteiger partial charge in [-0.25, -0.2) is 0 Å². The molecular weight excluding hydrogens is 474 g/mol. The van der Waals surface area contributed by atoms with E-state index in [1.54, 1.807) is 6.92 Å². The molecule has 1 aliphatic rings. The lowest BCUT2D eigenvalue weighted by atomic mass is 9.99. The summed E-state index contributed by atoms with van der Waals surface area (Å²) in [7, 11) is 4.11. The Kier molecular flexibility index (Phi) is 10.9. The van der Waals surface area contributed by atoms with E-state index in [9.17, 15) is 9.59 Å². The quantitative estimate of drug-likeness (QED) is 0.383. The second-order valence-corrected chi connectivity index (χ2v) is 11.3. The number of rotatable bonds is 13. The zero-order chi connectivity index (χ0) is 27.7. The van der Waals surface area contributed by atoms with E-state index in [-0.39, 0.29) is 17.7 Å². The monoisotopic (exact) mass is 521 g/mol. The number of carbonyl (C=O) groups is 2. The molecule has 1 fully saturated rings. The Balaban J connectivity index is 1.57. The van der Waals surface area contributed by atoms with Gasteiger partial charge in [-0.2, -0.15) is 0 Å². The minimum absolute atomic E-state index is 0.136. The number of amides is 2. The highest BCUT2D eigenvalue weighted by Crippen LogP contribution is 2.27. The lowest BCUT2D eigenvalue weighted by Crippen LogP contribution is -2.47. The van der Waals surface area contributed by atoms with Gasteiger partial charge in [0.1, 0.15) is 0 Å². The van der Waals surface area contributed by atoms with Gasteiger partial charge in [-0.05, 0) is 73.6 Å². The van der Waals surface area contributed by atoms with Crippen LogP contribution in [0.3, 0.4) is 0 Å². The highest BCUT2D eigenvalue weighted by atomic mass is 16.2. The number of benzene rings is 2. The van der Waals surface area contributed by atoms with Crippen LogP contribution in [0.25, 0.3) is 0 Å². The first-order valence-electron chi connectivity index (χ1n) is 14.1. The van der Waals surface area contributed by atoms with Gasteiger partial charge in [0, 0.05) is 75.7 Å².